The van der Waals surface area contributed by atoms with E-state index in [1.165, 1.54) is 22.5 Å². The number of carbonyl (C=O) groups is 1. The van der Waals surface area contributed by atoms with Gasteiger partial charge in [0.05, 0.1) is 5.69 Å². The average molecular weight is 368 g/mol. The molecule has 6 heteroatoms. The van der Waals surface area contributed by atoms with Crippen LogP contribution in [-0.4, -0.2) is 52.6 Å². The molecule has 27 heavy (non-hydrogen) atoms. The van der Waals surface area contributed by atoms with E-state index in [1.54, 1.807) is 4.90 Å². The van der Waals surface area contributed by atoms with Crippen LogP contribution < -0.4 is 4.90 Å². The maximum absolute atomic E-state index is 12.3. The van der Waals surface area contributed by atoms with Gasteiger partial charge in [-0.3, -0.25) is 4.68 Å². The van der Waals surface area contributed by atoms with Gasteiger partial charge in [-0.15, -0.1) is 0 Å². The number of hydrogen-bond acceptors (Lipinski definition) is 4. The number of anilines is 1. The van der Waals surface area contributed by atoms with Crippen molar-refractivity contribution in [1.82, 2.24) is 14.7 Å². The maximum atomic E-state index is 12.3. The number of fused-ring (bicyclic) bond motifs is 3. The molecule has 0 N–H and O–H groups in total. The van der Waals surface area contributed by atoms with Crippen LogP contribution in [0.25, 0.3) is 11.3 Å². The van der Waals surface area contributed by atoms with Gasteiger partial charge >= 0.3 is 6.09 Å². The first-order valence-electron chi connectivity index (χ1n) is 9.70. The number of rotatable bonds is 1. The number of amides is 1. The molecule has 2 aliphatic rings. The van der Waals surface area contributed by atoms with Crippen LogP contribution in [-0.2, 0) is 24.6 Å². The largest absolute Gasteiger partial charge is 0.444 e. The molecular weight excluding hydrogens is 340 g/mol. The molecule has 6 nitrogen and oxygen atoms in total. The number of aromatic nitrogens is 2. The molecule has 1 fully saturated rings. The zero-order valence-corrected chi connectivity index (χ0v) is 16.7. The Morgan fingerprint density at radius 2 is 1.78 bits per heavy atom. The standard InChI is InChI=1S/C21H28N4O2/c1-21(2,3)27-20(26)25-13-11-24(12-14-25)19-17-10-9-15-7-5-6-8-16(15)18(17)22-23(19)4/h5-8H,9-14H2,1-4H3. The van der Waals surface area contributed by atoms with Gasteiger partial charge < -0.3 is 14.5 Å². The van der Waals surface area contributed by atoms with Crippen molar-refractivity contribution < 1.29 is 9.53 Å². The number of benzene rings is 1. The van der Waals surface area contributed by atoms with Gasteiger partial charge in [-0.2, -0.15) is 5.10 Å². The predicted molar refractivity (Wildman–Crippen MR) is 106 cm³/mol. The molecule has 1 aliphatic heterocycles. The molecule has 4 rings (SSSR count). The molecule has 0 spiro atoms. The maximum Gasteiger partial charge on any atom is 0.410 e. The second kappa shape index (κ2) is 6.59. The van der Waals surface area contributed by atoms with Gasteiger partial charge in [-0.25, -0.2) is 4.79 Å². The van der Waals surface area contributed by atoms with Crippen LogP contribution in [0.15, 0.2) is 24.3 Å². The minimum absolute atomic E-state index is 0.219. The van der Waals surface area contributed by atoms with E-state index in [2.05, 4.69) is 29.2 Å². The Morgan fingerprint density at radius 1 is 1.07 bits per heavy atom. The zero-order valence-electron chi connectivity index (χ0n) is 16.7. The summed E-state index contributed by atoms with van der Waals surface area (Å²) in [4.78, 5) is 16.5. The minimum Gasteiger partial charge on any atom is -0.444 e. The predicted octanol–water partition coefficient (Wildman–Crippen LogP) is 3.24. The van der Waals surface area contributed by atoms with Gasteiger partial charge in [0.1, 0.15) is 11.4 Å². The fraction of sp³-hybridized carbons (Fsp3) is 0.524. The Labute approximate surface area is 160 Å². The third-order valence-electron chi connectivity index (χ3n) is 5.26. The van der Waals surface area contributed by atoms with Crippen LogP contribution in [0.1, 0.15) is 31.9 Å². The van der Waals surface area contributed by atoms with Crippen LogP contribution in [0.3, 0.4) is 0 Å². The lowest BCUT2D eigenvalue weighted by Crippen LogP contribution is -2.50. The summed E-state index contributed by atoms with van der Waals surface area (Å²) in [6.45, 7) is 8.65. The summed E-state index contributed by atoms with van der Waals surface area (Å²) in [7, 11) is 2.02. The molecule has 1 aliphatic carbocycles. The number of piperazine rings is 1. The molecule has 1 aromatic carbocycles. The Morgan fingerprint density at radius 3 is 2.48 bits per heavy atom. The van der Waals surface area contributed by atoms with Crippen molar-refractivity contribution >= 4 is 11.9 Å². The summed E-state index contributed by atoms with van der Waals surface area (Å²) < 4.78 is 7.52. The van der Waals surface area contributed by atoms with Gasteiger partial charge in [-0.1, -0.05) is 24.3 Å². The molecular formula is C21H28N4O2. The fourth-order valence-electron chi connectivity index (χ4n) is 4.06. The summed E-state index contributed by atoms with van der Waals surface area (Å²) >= 11 is 0. The molecule has 2 aromatic rings. The second-order valence-electron chi connectivity index (χ2n) is 8.39. The first-order valence-corrected chi connectivity index (χ1v) is 9.70. The summed E-state index contributed by atoms with van der Waals surface area (Å²) in [6, 6.07) is 8.56. The van der Waals surface area contributed by atoms with Gasteiger partial charge in [0.25, 0.3) is 0 Å². The van der Waals surface area contributed by atoms with E-state index in [4.69, 9.17) is 9.84 Å². The highest BCUT2D eigenvalue weighted by atomic mass is 16.6. The molecule has 0 atom stereocenters. The van der Waals surface area contributed by atoms with Crippen LogP contribution >= 0.6 is 0 Å². The van der Waals surface area contributed by atoms with Crippen LogP contribution in [0, 0.1) is 0 Å². The summed E-state index contributed by atoms with van der Waals surface area (Å²) in [5.74, 6) is 1.20. The molecule has 2 heterocycles. The molecule has 1 aromatic heterocycles. The fourth-order valence-corrected chi connectivity index (χ4v) is 4.06. The Hall–Kier alpha value is -2.50. The quantitative estimate of drug-likeness (QED) is 0.775. The summed E-state index contributed by atoms with van der Waals surface area (Å²) in [6.07, 6.45) is 1.85. The lowest BCUT2D eigenvalue weighted by atomic mass is 9.90. The van der Waals surface area contributed by atoms with Crippen molar-refractivity contribution in [3.63, 3.8) is 0 Å². The minimum atomic E-state index is -0.456. The van der Waals surface area contributed by atoms with E-state index in [0.717, 1.165) is 31.6 Å². The molecule has 0 unspecified atom stereocenters. The lowest BCUT2D eigenvalue weighted by molar-refractivity contribution is 0.0240. The monoisotopic (exact) mass is 368 g/mol. The zero-order chi connectivity index (χ0) is 19.2. The van der Waals surface area contributed by atoms with Crippen LogP contribution in [0.2, 0.25) is 0 Å². The van der Waals surface area contributed by atoms with E-state index in [1.807, 2.05) is 32.5 Å². The molecule has 0 saturated carbocycles. The van der Waals surface area contributed by atoms with Gasteiger partial charge in [0, 0.05) is 44.4 Å². The highest BCUT2D eigenvalue weighted by molar-refractivity contribution is 5.75. The van der Waals surface area contributed by atoms with E-state index < -0.39 is 5.60 Å². The summed E-state index contributed by atoms with van der Waals surface area (Å²) in [5.41, 5.74) is 4.63. The molecule has 144 valence electrons. The first kappa shape index (κ1) is 17.9. The topological polar surface area (TPSA) is 50.6 Å². The van der Waals surface area contributed by atoms with Crippen molar-refractivity contribution in [3.8, 4) is 11.3 Å². The first-order chi connectivity index (χ1) is 12.8. The number of hydrogen-bond donors (Lipinski definition) is 0. The van der Waals surface area contributed by atoms with Crippen LogP contribution in [0.4, 0.5) is 10.6 Å². The Balaban J connectivity index is 1.52. The Bertz CT molecular complexity index is 858. The van der Waals surface area contributed by atoms with Gasteiger partial charge in [-0.05, 0) is 39.2 Å². The highest BCUT2D eigenvalue weighted by Crippen LogP contribution is 2.38. The van der Waals surface area contributed by atoms with Gasteiger partial charge in [0.2, 0.25) is 0 Å². The second-order valence-corrected chi connectivity index (χ2v) is 8.39. The molecule has 1 amide bonds. The van der Waals surface area contributed by atoms with Crippen LogP contribution in [0.5, 0.6) is 0 Å². The molecule has 1 saturated heterocycles. The van der Waals surface area contributed by atoms with Crippen molar-refractivity contribution in [3.05, 3.63) is 35.4 Å². The number of carbonyl (C=O) groups excluding carboxylic acids is 1. The van der Waals surface area contributed by atoms with E-state index >= 15 is 0 Å². The smallest absolute Gasteiger partial charge is 0.410 e. The SMILES string of the molecule is Cn1nc2c(c1N1CCN(C(=O)OC(C)(C)C)CC1)CCc1ccccc1-2. The van der Waals surface area contributed by atoms with E-state index in [0.29, 0.717) is 13.1 Å². The third kappa shape index (κ3) is 3.40. The normalized spacial score (nSPS) is 16.7. The number of nitrogens with zero attached hydrogens (tertiary/aromatic N) is 4. The van der Waals surface area contributed by atoms with E-state index in [9.17, 15) is 4.79 Å². The number of aryl methyl sites for hydroxylation is 2. The molecule has 0 bridgehead atoms. The van der Waals surface area contributed by atoms with Crippen molar-refractivity contribution in [1.29, 1.82) is 0 Å². The average Bonchev–Trinajstić information content (AvgIpc) is 2.97. The molecule has 0 radical (unpaired) electrons. The van der Waals surface area contributed by atoms with Gasteiger partial charge in [0.15, 0.2) is 0 Å². The lowest BCUT2D eigenvalue weighted by Gasteiger charge is -2.37. The highest BCUT2D eigenvalue weighted by Gasteiger charge is 2.30. The van der Waals surface area contributed by atoms with Crippen molar-refractivity contribution in [2.45, 2.75) is 39.2 Å². The third-order valence-corrected chi connectivity index (χ3v) is 5.26. The number of ether oxygens (including phenoxy) is 1. The van der Waals surface area contributed by atoms with E-state index in [-0.39, 0.29) is 6.09 Å². The van der Waals surface area contributed by atoms with Crippen molar-refractivity contribution in [2.75, 3.05) is 31.1 Å². The Kier molecular flexibility index (Phi) is 4.36. The van der Waals surface area contributed by atoms with Crippen molar-refractivity contribution in [2.24, 2.45) is 7.05 Å². The summed E-state index contributed by atoms with van der Waals surface area (Å²) in [5, 5.41) is 4.84.